The minimum Gasteiger partial charge on any atom is -0.456 e. The lowest BCUT2D eigenvalue weighted by Crippen LogP contribution is -2.60. The third-order valence-corrected chi connectivity index (χ3v) is 10.5. The van der Waals surface area contributed by atoms with Crippen molar-refractivity contribution in [2.75, 3.05) is 13.2 Å². The van der Waals surface area contributed by atoms with Crippen LogP contribution >= 0.6 is 0 Å². The van der Waals surface area contributed by atoms with E-state index in [1.807, 2.05) is 0 Å². The zero-order chi connectivity index (χ0) is 32.4. The maximum atomic E-state index is 13.6. The van der Waals surface area contributed by atoms with Crippen molar-refractivity contribution >= 4 is 29.8 Å². The predicted octanol–water partition coefficient (Wildman–Crippen LogP) is 2.28. The first-order valence-electron chi connectivity index (χ1n) is 15.7. The fraction of sp³-hybridized carbons (Fsp3) is 0.839. The van der Waals surface area contributed by atoms with Crippen LogP contribution in [0.4, 0.5) is 8.78 Å². The summed E-state index contributed by atoms with van der Waals surface area (Å²) in [7, 11) is 0. The molecule has 8 aliphatic carbocycles. The molecule has 0 radical (unpaired) electrons. The largest absolute Gasteiger partial charge is 0.456 e. The van der Waals surface area contributed by atoms with Crippen LogP contribution < -0.4 is 0 Å². The Morgan fingerprint density at radius 3 is 1.53 bits per heavy atom. The fourth-order valence-electron chi connectivity index (χ4n) is 10.0. The van der Waals surface area contributed by atoms with E-state index in [-0.39, 0.29) is 37.0 Å². The van der Waals surface area contributed by atoms with E-state index >= 15 is 0 Å². The van der Waals surface area contributed by atoms with E-state index in [0.717, 1.165) is 12.8 Å². The molecule has 0 aromatic carbocycles. The Kier molecular flexibility index (Phi) is 7.94. The number of halogens is 2. The average Bonchev–Trinajstić information content (AvgIpc) is 2.86. The Hall–Kier alpha value is -2.87. The summed E-state index contributed by atoms with van der Waals surface area (Å²) in [6.07, 6.45) is 4.19. The summed E-state index contributed by atoms with van der Waals surface area (Å²) in [5.41, 5.74) is -3.53. The highest BCUT2D eigenvalue weighted by Crippen LogP contribution is 2.60. The van der Waals surface area contributed by atoms with E-state index in [4.69, 9.17) is 18.9 Å². The molecule has 5 atom stereocenters. The minimum absolute atomic E-state index is 0.216. The summed E-state index contributed by atoms with van der Waals surface area (Å²) < 4.78 is 52.8. The van der Waals surface area contributed by atoms with Gasteiger partial charge < -0.3 is 33.9 Å². The minimum atomic E-state index is -4.01. The van der Waals surface area contributed by atoms with Crippen molar-refractivity contribution in [2.45, 2.75) is 125 Å². The molecule has 8 fully saturated rings. The Morgan fingerprint density at radius 2 is 1.13 bits per heavy atom. The number of rotatable bonds is 11. The van der Waals surface area contributed by atoms with Gasteiger partial charge in [-0.3, -0.25) is 4.79 Å². The first-order valence-corrected chi connectivity index (χ1v) is 15.7. The predicted molar refractivity (Wildman–Crippen MR) is 144 cm³/mol. The Morgan fingerprint density at radius 1 is 0.711 bits per heavy atom. The molecule has 0 spiro atoms. The molecule has 5 unspecified atom stereocenters. The molecule has 0 aromatic rings. The van der Waals surface area contributed by atoms with Crippen LogP contribution in [0.25, 0.3) is 0 Å². The monoisotopic (exact) mass is 642 g/mol. The van der Waals surface area contributed by atoms with Crippen LogP contribution in [0.3, 0.4) is 0 Å². The van der Waals surface area contributed by atoms with Gasteiger partial charge in [0.25, 0.3) is 0 Å². The molecule has 0 saturated heterocycles. The standard InChI is InChI=1S/C31H40F2O12/c1-27(32,33)26(38)43-21(25(37)42-14-24(36)45-31-11-19-3-20(12-31)8-29(40,7-19)16-31)4-22(34)41-13-23(35)44-30-9-17-2-18(10-30)6-28(39,5-17)15-30/h17-21,39-40H,2-16H2,1H3. The zero-order valence-corrected chi connectivity index (χ0v) is 25.2. The second-order valence-corrected chi connectivity index (χ2v) is 14.9. The number of hydrogen-bond donors (Lipinski definition) is 2. The lowest BCUT2D eigenvalue weighted by atomic mass is 9.52. The summed E-state index contributed by atoms with van der Waals surface area (Å²) in [4.78, 5) is 62.4. The molecule has 8 aliphatic rings. The van der Waals surface area contributed by atoms with Gasteiger partial charge in [0.15, 0.2) is 13.2 Å². The first kappa shape index (κ1) is 32.1. The SMILES string of the molecule is CC(F)(F)C(=O)OC(CC(=O)OCC(=O)OC12CC3CC(CC(O)(C3)C1)C2)C(=O)OCC(=O)OC12CC3CC(CC(O)(C3)C1)C2. The van der Waals surface area contributed by atoms with Crippen LogP contribution in [0, 0.1) is 23.7 Å². The maximum absolute atomic E-state index is 13.6. The molecule has 12 nitrogen and oxygen atoms in total. The van der Waals surface area contributed by atoms with Crippen LogP contribution in [0.15, 0.2) is 0 Å². The summed E-state index contributed by atoms with van der Waals surface area (Å²) in [5, 5.41) is 21.7. The zero-order valence-electron chi connectivity index (χ0n) is 25.2. The fourth-order valence-corrected chi connectivity index (χ4v) is 10.0. The van der Waals surface area contributed by atoms with Crippen molar-refractivity contribution in [1.29, 1.82) is 0 Å². The molecule has 8 bridgehead atoms. The number of aliphatic hydroxyl groups is 2. The van der Waals surface area contributed by atoms with E-state index in [1.165, 1.54) is 0 Å². The Balaban J connectivity index is 1.01. The van der Waals surface area contributed by atoms with Gasteiger partial charge >= 0.3 is 35.8 Å². The van der Waals surface area contributed by atoms with Crippen LogP contribution in [0.1, 0.15) is 90.4 Å². The lowest BCUT2D eigenvalue weighted by Gasteiger charge is -2.59. The summed E-state index contributed by atoms with van der Waals surface area (Å²) in [6, 6.07) is 0. The molecule has 0 aliphatic heterocycles. The van der Waals surface area contributed by atoms with Gasteiger partial charge in [0.2, 0.25) is 6.10 Å². The summed E-state index contributed by atoms with van der Waals surface area (Å²) in [5.74, 6) is -9.72. The van der Waals surface area contributed by atoms with Crippen molar-refractivity contribution in [3.05, 3.63) is 0 Å². The van der Waals surface area contributed by atoms with Gasteiger partial charge in [-0.25, -0.2) is 19.2 Å². The normalized spacial score (nSPS) is 39.6. The van der Waals surface area contributed by atoms with Crippen molar-refractivity contribution < 1.29 is 66.7 Å². The van der Waals surface area contributed by atoms with Gasteiger partial charge in [-0.05, 0) is 87.9 Å². The molecule has 250 valence electrons. The van der Waals surface area contributed by atoms with Crippen LogP contribution in [0.2, 0.25) is 0 Å². The van der Waals surface area contributed by atoms with Crippen molar-refractivity contribution in [3.8, 4) is 0 Å². The highest BCUT2D eigenvalue weighted by molar-refractivity contribution is 5.87. The van der Waals surface area contributed by atoms with Gasteiger partial charge in [-0.1, -0.05) is 0 Å². The van der Waals surface area contributed by atoms with Crippen molar-refractivity contribution in [1.82, 2.24) is 0 Å². The Labute approximate surface area is 258 Å². The van der Waals surface area contributed by atoms with E-state index in [9.17, 15) is 43.0 Å². The first-order chi connectivity index (χ1) is 20.9. The van der Waals surface area contributed by atoms with Crippen LogP contribution in [-0.2, 0) is 47.7 Å². The van der Waals surface area contributed by atoms with Gasteiger partial charge in [0, 0.05) is 19.8 Å². The molecule has 14 heteroatoms. The summed E-state index contributed by atoms with van der Waals surface area (Å²) >= 11 is 0. The number of carbonyl (C=O) groups excluding carboxylic acids is 5. The second kappa shape index (κ2) is 11.1. The molecule has 0 heterocycles. The van der Waals surface area contributed by atoms with Crippen LogP contribution in [0.5, 0.6) is 0 Å². The maximum Gasteiger partial charge on any atom is 0.377 e. The number of ether oxygens (including phenoxy) is 5. The van der Waals surface area contributed by atoms with Crippen molar-refractivity contribution in [2.24, 2.45) is 23.7 Å². The molecule has 0 aromatic heterocycles. The number of alkyl halides is 2. The molecular formula is C31H40F2O12. The molecule has 45 heavy (non-hydrogen) atoms. The van der Waals surface area contributed by atoms with Crippen LogP contribution in [-0.4, -0.2) is 87.7 Å². The van der Waals surface area contributed by atoms with Crippen molar-refractivity contribution in [3.63, 3.8) is 0 Å². The smallest absolute Gasteiger partial charge is 0.377 e. The topological polar surface area (TPSA) is 172 Å². The average molecular weight is 643 g/mol. The molecule has 0 amide bonds. The molecule has 2 N–H and O–H groups in total. The molecule has 8 saturated carbocycles. The second-order valence-electron chi connectivity index (χ2n) is 14.9. The highest BCUT2D eigenvalue weighted by atomic mass is 19.3. The third kappa shape index (κ3) is 6.96. The number of carbonyl (C=O) groups is 5. The summed E-state index contributed by atoms with van der Waals surface area (Å²) in [6.45, 7) is -1.55. The van der Waals surface area contributed by atoms with Gasteiger partial charge in [0.05, 0.1) is 17.6 Å². The highest BCUT2D eigenvalue weighted by Gasteiger charge is 2.60. The van der Waals surface area contributed by atoms with E-state index in [1.54, 1.807) is 0 Å². The lowest BCUT2D eigenvalue weighted by molar-refractivity contribution is -0.224. The Bertz CT molecular complexity index is 1230. The molecule has 8 rings (SSSR count). The quantitative estimate of drug-likeness (QED) is 0.249. The van der Waals surface area contributed by atoms with E-state index < -0.39 is 83.9 Å². The van der Waals surface area contributed by atoms with E-state index in [2.05, 4.69) is 4.74 Å². The third-order valence-electron chi connectivity index (χ3n) is 10.5. The number of esters is 5. The molecular weight excluding hydrogens is 602 g/mol. The van der Waals surface area contributed by atoms with E-state index in [0.29, 0.717) is 57.8 Å². The van der Waals surface area contributed by atoms with Gasteiger partial charge in [0.1, 0.15) is 11.2 Å². The van der Waals surface area contributed by atoms with Gasteiger partial charge in [-0.15, -0.1) is 0 Å². The van der Waals surface area contributed by atoms with Gasteiger partial charge in [-0.2, -0.15) is 8.78 Å². The number of hydrogen-bond acceptors (Lipinski definition) is 12.